The van der Waals surface area contributed by atoms with Gasteiger partial charge < -0.3 is 0 Å². The van der Waals surface area contributed by atoms with Crippen molar-refractivity contribution in [3.05, 3.63) is 16.1 Å². The van der Waals surface area contributed by atoms with Crippen LogP contribution in [0, 0.1) is 12.8 Å². The van der Waals surface area contributed by atoms with Crippen molar-refractivity contribution in [3.63, 3.8) is 0 Å². The molecular formula is C13H19NOS. The highest BCUT2D eigenvalue weighted by molar-refractivity contribution is 7.09. The van der Waals surface area contributed by atoms with Gasteiger partial charge in [-0.1, -0.05) is 25.7 Å². The van der Waals surface area contributed by atoms with Gasteiger partial charge in [0.25, 0.3) is 0 Å². The van der Waals surface area contributed by atoms with Gasteiger partial charge in [0, 0.05) is 18.2 Å². The minimum atomic E-state index is 0.359. The zero-order chi connectivity index (χ0) is 11.4. The minimum Gasteiger partial charge on any atom is -0.299 e. The molecule has 1 aromatic rings. The van der Waals surface area contributed by atoms with E-state index in [9.17, 15) is 4.79 Å². The molecule has 0 aromatic carbocycles. The first-order chi connectivity index (χ1) is 7.74. The van der Waals surface area contributed by atoms with Crippen LogP contribution in [-0.4, -0.2) is 10.8 Å². The van der Waals surface area contributed by atoms with E-state index in [1.807, 2.05) is 12.3 Å². The summed E-state index contributed by atoms with van der Waals surface area (Å²) in [6, 6.07) is 0. The summed E-state index contributed by atoms with van der Waals surface area (Å²) in [6.45, 7) is 1.98. The van der Waals surface area contributed by atoms with Crippen molar-refractivity contribution in [2.75, 3.05) is 0 Å². The Hall–Kier alpha value is -0.700. The lowest BCUT2D eigenvalue weighted by atomic mass is 9.99. The Kier molecular flexibility index (Phi) is 4.10. The Morgan fingerprint density at radius 3 is 2.88 bits per heavy atom. The van der Waals surface area contributed by atoms with Crippen LogP contribution in [0.15, 0.2) is 5.38 Å². The standard InChI is InChI=1S/C13H19NOS/c1-10-14-12(9-16-10)8-13(15)7-6-11-4-2-3-5-11/h9,11H,2-8H2,1H3. The van der Waals surface area contributed by atoms with Crippen LogP contribution >= 0.6 is 11.3 Å². The Labute approximate surface area is 101 Å². The molecule has 0 N–H and O–H groups in total. The molecule has 2 rings (SSSR count). The maximum Gasteiger partial charge on any atom is 0.138 e. The molecule has 16 heavy (non-hydrogen) atoms. The van der Waals surface area contributed by atoms with E-state index in [4.69, 9.17) is 0 Å². The third-order valence-corrected chi connectivity index (χ3v) is 4.17. The largest absolute Gasteiger partial charge is 0.299 e. The molecule has 1 aliphatic carbocycles. The summed E-state index contributed by atoms with van der Waals surface area (Å²) in [5.41, 5.74) is 0.957. The van der Waals surface area contributed by atoms with Gasteiger partial charge in [0.05, 0.1) is 10.7 Å². The second-order valence-electron chi connectivity index (χ2n) is 4.76. The van der Waals surface area contributed by atoms with Crippen LogP contribution in [0.3, 0.4) is 0 Å². The first-order valence-corrected chi connectivity index (χ1v) is 7.04. The van der Waals surface area contributed by atoms with Gasteiger partial charge in [-0.3, -0.25) is 4.79 Å². The number of carbonyl (C=O) groups excluding carboxylic acids is 1. The van der Waals surface area contributed by atoms with Crippen LogP contribution in [0.4, 0.5) is 0 Å². The van der Waals surface area contributed by atoms with E-state index in [1.54, 1.807) is 11.3 Å². The van der Waals surface area contributed by atoms with Gasteiger partial charge in [-0.25, -0.2) is 4.98 Å². The third kappa shape index (κ3) is 3.41. The van der Waals surface area contributed by atoms with Crippen LogP contribution in [0.25, 0.3) is 0 Å². The van der Waals surface area contributed by atoms with Gasteiger partial charge in [0.1, 0.15) is 5.78 Å². The maximum atomic E-state index is 11.7. The highest BCUT2D eigenvalue weighted by Crippen LogP contribution is 2.28. The van der Waals surface area contributed by atoms with Gasteiger partial charge >= 0.3 is 0 Å². The topological polar surface area (TPSA) is 30.0 Å². The molecule has 3 heteroatoms. The predicted molar refractivity (Wildman–Crippen MR) is 66.8 cm³/mol. The number of thiazole rings is 1. The quantitative estimate of drug-likeness (QED) is 0.784. The molecule has 0 amide bonds. The smallest absolute Gasteiger partial charge is 0.138 e. The molecule has 0 atom stereocenters. The molecule has 1 aromatic heterocycles. The number of ketones is 1. The summed E-state index contributed by atoms with van der Waals surface area (Å²) in [6.07, 6.45) is 7.79. The minimum absolute atomic E-state index is 0.359. The third-order valence-electron chi connectivity index (χ3n) is 3.35. The van der Waals surface area contributed by atoms with E-state index in [0.717, 1.165) is 29.5 Å². The van der Waals surface area contributed by atoms with Crippen LogP contribution in [0.2, 0.25) is 0 Å². The Balaban J connectivity index is 1.71. The van der Waals surface area contributed by atoms with Gasteiger partial charge in [-0.05, 0) is 19.3 Å². The summed E-state index contributed by atoms with van der Waals surface area (Å²) in [7, 11) is 0. The molecule has 1 saturated carbocycles. The number of aryl methyl sites for hydroxylation is 1. The highest BCUT2D eigenvalue weighted by Gasteiger charge is 2.16. The fraction of sp³-hybridized carbons (Fsp3) is 0.692. The molecule has 0 unspecified atom stereocenters. The Morgan fingerprint density at radius 2 is 2.25 bits per heavy atom. The van der Waals surface area contributed by atoms with Gasteiger partial charge in [-0.2, -0.15) is 0 Å². The molecule has 1 fully saturated rings. The van der Waals surface area contributed by atoms with Crippen molar-refractivity contribution in [1.82, 2.24) is 4.98 Å². The molecule has 2 nitrogen and oxygen atoms in total. The summed E-state index contributed by atoms with van der Waals surface area (Å²) in [5.74, 6) is 1.18. The summed E-state index contributed by atoms with van der Waals surface area (Å²) < 4.78 is 0. The molecule has 88 valence electrons. The monoisotopic (exact) mass is 237 g/mol. The zero-order valence-electron chi connectivity index (χ0n) is 9.87. The van der Waals surface area contributed by atoms with E-state index in [0.29, 0.717) is 12.2 Å². The number of rotatable bonds is 5. The van der Waals surface area contributed by atoms with Crippen LogP contribution in [0.1, 0.15) is 49.2 Å². The molecule has 1 heterocycles. The Morgan fingerprint density at radius 1 is 1.50 bits per heavy atom. The van der Waals surface area contributed by atoms with Crippen LogP contribution < -0.4 is 0 Å². The lowest BCUT2D eigenvalue weighted by Crippen LogP contribution is -2.05. The van der Waals surface area contributed by atoms with Crippen molar-refractivity contribution in [2.24, 2.45) is 5.92 Å². The Bertz CT molecular complexity index is 353. The number of hydrogen-bond donors (Lipinski definition) is 0. The second-order valence-corrected chi connectivity index (χ2v) is 5.82. The maximum absolute atomic E-state index is 11.7. The van der Waals surface area contributed by atoms with E-state index in [1.165, 1.54) is 25.7 Å². The predicted octanol–water partition coefficient (Wildman–Crippen LogP) is 3.53. The first kappa shape index (κ1) is 11.8. The SMILES string of the molecule is Cc1nc(CC(=O)CCC2CCCC2)cs1. The average molecular weight is 237 g/mol. The van der Waals surface area contributed by atoms with E-state index in [-0.39, 0.29) is 0 Å². The number of aromatic nitrogens is 1. The fourth-order valence-electron chi connectivity index (χ4n) is 2.44. The number of hydrogen-bond acceptors (Lipinski definition) is 3. The first-order valence-electron chi connectivity index (χ1n) is 6.17. The molecule has 0 saturated heterocycles. The van der Waals surface area contributed by atoms with Crippen molar-refractivity contribution in [1.29, 1.82) is 0 Å². The van der Waals surface area contributed by atoms with E-state index in [2.05, 4.69) is 4.98 Å². The summed E-state index contributed by atoms with van der Waals surface area (Å²) >= 11 is 1.63. The van der Waals surface area contributed by atoms with Crippen LogP contribution in [0.5, 0.6) is 0 Å². The fourth-order valence-corrected chi connectivity index (χ4v) is 3.06. The lowest BCUT2D eigenvalue weighted by molar-refractivity contribution is -0.118. The number of carbonyl (C=O) groups is 1. The number of Topliss-reactive ketones (excluding diaryl/α,β-unsaturated/α-hetero) is 1. The van der Waals surface area contributed by atoms with Crippen molar-refractivity contribution in [3.8, 4) is 0 Å². The van der Waals surface area contributed by atoms with Crippen molar-refractivity contribution < 1.29 is 4.79 Å². The van der Waals surface area contributed by atoms with Crippen LogP contribution in [-0.2, 0) is 11.2 Å². The molecule has 0 radical (unpaired) electrons. The molecular weight excluding hydrogens is 218 g/mol. The van der Waals surface area contributed by atoms with Gasteiger partial charge in [-0.15, -0.1) is 11.3 Å². The molecule has 0 spiro atoms. The summed E-state index contributed by atoms with van der Waals surface area (Å²) in [4.78, 5) is 16.1. The normalized spacial score (nSPS) is 16.8. The van der Waals surface area contributed by atoms with E-state index >= 15 is 0 Å². The van der Waals surface area contributed by atoms with Gasteiger partial charge in [0.15, 0.2) is 0 Å². The lowest BCUT2D eigenvalue weighted by Gasteiger charge is -2.06. The second kappa shape index (κ2) is 5.58. The van der Waals surface area contributed by atoms with Crippen molar-refractivity contribution in [2.45, 2.75) is 51.9 Å². The molecule has 0 bridgehead atoms. The molecule has 0 aliphatic heterocycles. The highest BCUT2D eigenvalue weighted by atomic mass is 32.1. The average Bonchev–Trinajstić information content (AvgIpc) is 2.87. The molecule has 1 aliphatic rings. The van der Waals surface area contributed by atoms with Gasteiger partial charge in [0.2, 0.25) is 0 Å². The summed E-state index contributed by atoms with van der Waals surface area (Å²) in [5, 5.41) is 3.06. The van der Waals surface area contributed by atoms with E-state index < -0.39 is 0 Å². The number of nitrogens with zero attached hydrogens (tertiary/aromatic N) is 1. The zero-order valence-corrected chi connectivity index (χ0v) is 10.7. The van der Waals surface area contributed by atoms with Crippen molar-refractivity contribution >= 4 is 17.1 Å².